The number of benzene rings is 1. The number of rotatable bonds is 7. The van der Waals surface area contributed by atoms with Crippen LogP contribution in [0.3, 0.4) is 0 Å². The molecule has 1 fully saturated rings. The van der Waals surface area contributed by atoms with E-state index in [4.69, 9.17) is 10.5 Å². The highest BCUT2D eigenvalue weighted by Crippen LogP contribution is 2.29. The van der Waals surface area contributed by atoms with Crippen molar-refractivity contribution >= 4 is 0 Å². The van der Waals surface area contributed by atoms with Crippen LogP contribution in [0.4, 0.5) is 0 Å². The summed E-state index contributed by atoms with van der Waals surface area (Å²) in [6, 6.07) is 10.7. The van der Waals surface area contributed by atoms with Crippen molar-refractivity contribution in [1.29, 1.82) is 0 Å². The van der Waals surface area contributed by atoms with Crippen molar-refractivity contribution in [3.8, 4) is 0 Å². The molecule has 0 bridgehead atoms. The normalized spacial score (nSPS) is 21.5. The summed E-state index contributed by atoms with van der Waals surface area (Å²) in [6.07, 6.45) is 3.74. The smallest absolute Gasteiger partial charge is 0.0710 e. The molecule has 1 heterocycles. The third kappa shape index (κ3) is 4.89. The highest BCUT2D eigenvalue weighted by Gasteiger charge is 2.32. The highest BCUT2D eigenvalue weighted by molar-refractivity contribution is 5.14. The Morgan fingerprint density at radius 2 is 2.05 bits per heavy atom. The van der Waals surface area contributed by atoms with Gasteiger partial charge in [0, 0.05) is 13.1 Å². The van der Waals surface area contributed by atoms with E-state index in [1.807, 2.05) is 0 Å². The van der Waals surface area contributed by atoms with Gasteiger partial charge >= 0.3 is 0 Å². The molecule has 0 spiro atoms. The Kier molecular flexibility index (Phi) is 5.58. The second-order valence-electron chi connectivity index (χ2n) is 6.40. The summed E-state index contributed by atoms with van der Waals surface area (Å²) in [7, 11) is 0. The fourth-order valence-corrected chi connectivity index (χ4v) is 2.89. The van der Waals surface area contributed by atoms with Crippen molar-refractivity contribution in [1.82, 2.24) is 4.90 Å². The van der Waals surface area contributed by atoms with Crippen LogP contribution < -0.4 is 5.73 Å². The number of hydrogen-bond donors (Lipinski definition) is 1. The van der Waals surface area contributed by atoms with Gasteiger partial charge in [0.1, 0.15) is 0 Å². The van der Waals surface area contributed by atoms with Gasteiger partial charge in [0.15, 0.2) is 0 Å². The quantitative estimate of drug-likeness (QED) is 0.832. The van der Waals surface area contributed by atoms with Crippen molar-refractivity contribution in [2.24, 2.45) is 5.73 Å². The molecule has 1 atom stereocenters. The van der Waals surface area contributed by atoms with E-state index in [-0.39, 0.29) is 5.60 Å². The van der Waals surface area contributed by atoms with Crippen molar-refractivity contribution in [3.63, 3.8) is 0 Å². The van der Waals surface area contributed by atoms with E-state index in [1.54, 1.807) is 0 Å². The number of nitrogens with two attached hydrogens (primary N) is 1. The average molecular weight is 276 g/mol. The maximum absolute atomic E-state index is 6.12. The predicted molar refractivity (Wildman–Crippen MR) is 83.6 cm³/mol. The first kappa shape index (κ1) is 15.5. The lowest BCUT2D eigenvalue weighted by Crippen LogP contribution is -2.34. The van der Waals surface area contributed by atoms with Crippen LogP contribution in [0, 0.1) is 0 Å². The van der Waals surface area contributed by atoms with Crippen LogP contribution in [0.25, 0.3) is 0 Å². The monoisotopic (exact) mass is 276 g/mol. The lowest BCUT2D eigenvalue weighted by atomic mass is 10.1. The summed E-state index contributed by atoms with van der Waals surface area (Å²) < 4.78 is 6.12. The van der Waals surface area contributed by atoms with Crippen molar-refractivity contribution in [2.45, 2.75) is 51.4 Å². The molecule has 0 saturated carbocycles. The Hall–Kier alpha value is -0.900. The predicted octanol–water partition coefficient (Wildman–Crippen LogP) is 2.80. The zero-order chi connectivity index (χ0) is 14.4. The van der Waals surface area contributed by atoms with Crippen LogP contribution in [0.1, 0.15) is 38.7 Å². The third-order valence-corrected chi connectivity index (χ3v) is 3.94. The van der Waals surface area contributed by atoms with Crippen LogP contribution in [-0.4, -0.2) is 36.2 Å². The molecular weight excluding hydrogens is 248 g/mol. The Bertz CT molecular complexity index is 391. The molecule has 2 rings (SSSR count). The summed E-state index contributed by atoms with van der Waals surface area (Å²) in [5.41, 5.74) is 7.08. The van der Waals surface area contributed by atoms with E-state index in [1.165, 1.54) is 12.0 Å². The van der Waals surface area contributed by atoms with Gasteiger partial charge in [0.2, 0.25) is 0 Å². The first-order chi connectivity index (χ1) is 9.59. The highest BCUT2D eigenvalue weighted by atomic mass is 16.5. The van der Waals surface area contributed by atoms with E-state index in [2.05, 4.69) is 49.1 Å². The SMILES string of the molecule is CC1(C)CCC(CN(CCCN)Cc2ccccc2)O1. The maximum Gasteiger partial charge on any atom is 0.0710 e. The Morgan fingerprint density at radius 1 is 1.30 bits per heavy atom. The zero-order valence-corrected chi connectivity index (χ0v) is 12.8. The van der Waals surface area contributed by atoms with E-state index >= 15 is 0 Å². The average Bonchev–Trinajstić information content (AvgIpc) is 2.76. The zero-order valence-electron chi connectivity index (χ0n) is 12.8. The fourth-order valence-electron chi connectivity index (χ4n) is 2.89. The lowest BCUT2D eigenvalue weighted by Gasteiger charge is -2.27. The third-order valence-electron chi connectivity index (χ3n) is 3.94. The minimum Gasteiger partial charge on any atom is -0.371 e. The summed E-state index contributed by atoms with van der Waals surface area (Å²) >= 11 is 0. The van der Waals surface area contributed by atoms with Crippen molar-refractivity contribution < 1.29 is 4.74 Å². The van der Waals surface area contributed by atoms with Gasteiger partial charge < -0.3 is 10.5 Å². The molecule has 1 saturated heterocycles. The van der Waals surface area contributed by atoms with Crippen molar-refractivity contribution in [2.75, 3.05) is 19.6 Å². The molecule has 1 aliphatic heterocycles. The second kappa shape index (κ2) is 7.21. The second-order valence-corrected chi connectivity index (χ2v) is 6.40. The van der Waals surface area contributed by atoms with Crippen LogP contribution >= 0.6 is 0 Å². The molecule has 0 aliphatic carbocycles. The lowest BCUT2D eigenvalue weighted by molar-refractivity contribution is -0.0296. The molecule has 0 amide bonds. The molecular formula is C17H28N2O. The molecule has 1 aromatic rings. The standard InChI is InChI=1S/C17H28N2O/c1-17(2)10-9-16(20-17)14-19(12-6-11-18)13-15-7-4-3-5-8-15/h3-5,7-8,16H,6,9-14,18H2,1-2H3. The Labute approximate surface area is 123 Å². The van der Waals surface area contributed by atoms with Crippen LogP contribution in [0.2, 0.25) is 0 Å². The fraction of sp³-hybridized carbons (Fsp3) is 0.647. The van der Waals surface area contributed by atoms with Crippen molar-refractivity contribution in [3.05, 3.63) is 35.9 Å². The summed E-state index contributed by atoms with van der Waals surface area (Å²) in [4.78, 5) is 2.48. The first-order valence-electron chi connectivity index (χ1n) is 7.73. The summed E-state index contributed by atoms with van der Waals surface area (Å²) in [5.74, 6) is 0. The van der Waals surface area contributed by atoms with Crippen LogP contribution in [0.5, 0.6) is 0 Å². The Balaban J connectivity index is 1.90. The van der Waals surface area contributed by atoms with Gasteiger partial charge in [-0.25, -0.2) is 0 Å². The van der Waals surface area contributed by atoms with E-state index in [9.17, 15) is 0 Å². The van der Waals surface area contributed by atoms with E-state index in [0.717, 1.165) is 39.0 Å². The molecule has 3 nitrogen and oxygen atoms in total. The molecule has 0 aromatic heterocycles. The summed E-state index contributed by atoms with van der Waals surface area (Å²) in [5, 5.41) is 0. The van der Waals surface area contributed by atoms with E-state index < -0.39 is 0 Å². The number of hydrogen-bond acceptors (Lipinski definition) is 3. The molecule has 112 valence electrons. The molecule has 1 unspecified atom stereocenters. The van der Waals surface area contributed by atoms with Crippen LogP contribution in [0.15, 0.2) is 30.3 Å². The molecule has 20 heavy (non-hydrogen) atoms. The van der Waals surface area contributed by atoms with Gasteiger partial charge in [0.25, 0.3) is 0 Å². The molecule has 1 aliphatic rings. The van der Waals surface area contributed by atoms with Crippen LogP contribution in [-0.2, 0) is 11.3 Å². The largest absolute Gasteiger partial charge is 0.371 e. The summed E-state index contributed by atoms with van der Waals surface area (Å²) in [6.45, 7) is 8.18. The number of nitrogens with zero attached hydrogens (tertiary/aromatic N) is 1. The molecule has 1 aromatic carbocycles. The molecule has 3 heteroatoms. The molecule has 2 N–H and O–H groups in total. The van der Waals surface area contributed by atoms with Gasteiger partial charge in [0.05, 0.1) is 11.7 Å². The van der Waals surface area contributed by atoms with E-state index in [0.29, 0.717) is 6.10 Å². The minimum atomic E-state index is 0.0525. The topological polar surface area (TPSA) is 38.5 Å². The van der Waals surface area contributed by atoms with Gasteiger partial charge in [-0.05, 0) is 51.8 Å². The first-order valence-corrected chi connectivity index (χ1v) is 7.73. The van der Waals surface area contributed by atoms with Gasteiger partial charge in [-0.2, -0.15) is 0 Å². The minimum absolute atomic E-state index is 0.0525. The molecule has 0 radical (unpaired) electrons. The van der Waals surface area contributed by atoms with Gasteiger partial charge in [-0.15, -0.1) is 0 Å². The van der Waals surface area contributed by atoms with Gasteiger partial charge in [-0.3, -0.25) is 4.90 Å². The number of ether oxygens (including phenoxy) is 1. The van der Waals surface area contributed by atoms with Gasteiger partial charge in [-0.1, -0.05) is 30.3 Å². The Morgan fingerprint density at radius 3 is 2.65 bits per heavy atom. The maximum atomic E-state index is 6.12.